The Morgan fingerprint density at radius 2 is 2.00 bits per heavy atom. The van der Waals surface area contributed by atoms with E-state index in [1.807, 2.05) is 11.8 Å². The fourth-order valence-electron chi connectivity index (χ4n) is 2.13. The van der Waals surface area contributed by atoms with Crippen LogP contribution in [0.15, 0.2) is 24.3 Å². The van der Waals surface area contributed by atoms with E-state index in [0.717, 1.165) is 30.6 Å². The smallest absolute Gasteiger partial charge is 0.150 e. The van der Waals surface area contributed by atoms with Gasteiger partial charge in [-0.15, -0.1) is 0 Å². The fourth-order valence-corrected chi connectivity index (χ4v) is 3.27. The third kappa shape index (κ3) is 2.46. The van der Waals surface area contributed by atoms with Gasteiger partial charge in [0, 0.05) is 5.56 Å². The van der Waals surface area contributed by atoms with E-state index in [4.69, 9.17) is 0 Å². The van der Waals surface area contributed by atoms with Gasteiger partial charge in [0.2, 0.25) is 0 Å². The summed E-state index contributed by atoms with van der Waals surface area (Å²) in [5.41, 5.74) is 1.06. The minimum atomic E-state index is -0.984. The van der Waals surface area contributed by atoms with E-state index in [0.29, 0.717) is 11.1 Å². The molecule has 1 heterocycles. The van der Waals surface area contributed by atoms with Gasteiger partial charge in [-0.05, 0) is 35.8 Å². The highest BCUT2D eigenvalue weighted by atomic mass is 32.2. The summed E-state index contributed by atoms with van der Waals surface area (Å²) in [7, 11) is 0. The maximum Gasteiger partial charge on any atom is 0.150 e. The van der Waals surface area contributed by atoms with E-state index in [1.54, 1.807) is 24.3 Å². The molecule has 1 atom stereocenters. The lowest BCUT2D eigenvalue weighted by molar-refractivity contribution is 0.111. The van der Waals surface area contributed by atoms with Crippen molar-refractivity contribution >= 4 is 18.0 Å². The molecule has 1 saturated heterocycles. The normalized spacial score (nSPS) is 19.3. The highest BCUT2D eigenvalue weighted by Crippen LogP contribution is 2.36. The highest BCUT2D eigenvalue weighted by Gasteiger charge is 2.26. The van der Waals surface area contributed by atoms with Gasteiger partial charge in [-0.2, -0.15) is 11.8 Å². The number of halogens is 1. The van der Waals surface area contributed by atoms with E-state index >= 15 is 0 Å². The van der Waals surface area contributed by atoms with Crippen LogP contribution in [0.3, 0.4) is 0 Å². The zero-order valence-corrected chi connectivity index (χ0v) is 9.88. The second kappa shape index (κ2) is 5.48. The molecule has 0 N–H and O–H groups in total. The van der Waals surface area contributed by atoms with Gasteiger partial charge in [-0.3, -0.25) is 4.79 Å². The van der Waals surface area contributed by atoms with E-state index in [9.17, 15) is 9.18 Å². The van der Waals surface area contributed by atoms with E-state index in [1.165, 1.54) is 0 Å². The Bertz CT molecular complexity index is 361. The Morgan fingerprint density at radius 3 is 2.69 bits per heavy atom. The highest BCUT2D eigenvalue weighted by molar-refractivity contribution is 7.99. The summed E-state index contributed by atoms with van der Waals surface area (Å²) in [4.78, 5) is 10.8. The number of rotatable bonds is 3. The third-order valence-corrected chi connectivity index (χ3v) is 4.15. The number of carbonyl (C=O) groups is 1. The Morgan fingerprint density at radius 1 is 1.31 bits per heavy atom. The summed E-state index contributed by atoms with van der Waals surface area (Å²) in [6.45, 7) is 0. The van der Waals surface area contributed by atoms with Crippen molar-refractivity contribution in [2.45, 2.75) is 19.0 Å². The maximum absolute atomic E-state index is 14.3. The average Bonchev–Trinajstić information content (AvgIpc) is 2.39. The molecule has 1 fully saturated rings. The van der Waals surface area contributed by atoms with Crippen molar-refractivity contribution in [2.24, 2.45) is 5.92 Å². The molecule has 2 rings (SSSR count). The molecule has 86 valence electrons. The molecule has 0 bridgehead atoms. The van der Waals surface area contributed by atoms with Crippen LogP contribution >= 0.6 is 11.8 Å². The van der Waals surface area contributed by atoms with Crippen LogP contribution in [-0.2, 0) is 0 Å². The Balaban J connectivity index is 2.18. The molecule has 0 aromatic heterocycles. The van der Waals surface area contributed by atoms with E-state index in [-0.39, 0.29) is 5.92 Å². The second-order valence-corrected chi connectivity index (χ2v) is 5.32. The van der Waals surface area contributed by atoms with Crippen LogP contribution in [0.1, 0.15) is 34.9 Å². The van der Waals surface area contributed by atoms with Crippen LogP contribution in [0.5, 0.6) is 0 Å². The van der Waals surface area contributed by atoms with Crippen LogP contribution < -0.4 is 0 Å². The van der Waals surface area contributed by atoms with Crippen molar-refractivity contribution in [3.63, 3.8) is 0 Å². The zero-order valence-electron chi connectivity index (χ0n) is 9.06. The lowest BCUT2D eigenvalue weighted by atomic mass is 9.90. The lowest BCUT2D eigenvalue weighted by Crippen LogP contribution is -2.16. The van der Waals surface area contributed by atoms with Gasteiger partial charge in [0.15, 0.2) is 0 Å². The molecule has 0 spiro atoms. The maximum atomic E-state index is 14.3. The van der Waals surface area contributed by atoms with Gasteiger partial charge in [-0.25, -0.2) is 4.39 Å². The number of hydrogen-bond acceptors (Lipinski definition) is 2. The average molecular weight is 238 g/mol. The van der Waals surface area contributed by atoms with Crippen molar-refractivity contribution < 1.29 is 9.18 Å². The van der Waals surface area contributed by atoms with E-state index < -0.39 is 6.17 Å². The monoisotopic (exact) mass is 238 g/mol. The standard InChI is InChI=1S/C13H15FOS/c14-13(10-5-7-16-8-6-10)12-4-2-1-3-11(12)9-15/h1-4,9-10,13H,5-8H2. The number of hydrogen-bond donors (Lipinski definition) is 0. The summed E-state index contributed by atoms with van der Waals surface area (Å²) in [6, 6.07) is 6.99. The van der Waals surface area contributed by atoms with Gasteiger partial charge < -0.3 is 0 Å². The lowest BCUT2D eigenvalue weighted by Gasteiger charge is -2.25. The molecule has 16 heavy (non-hydrogen) atoms. The molecule has 0 saturated carbocycles. The van der Waals surface area contributed by atoms with Crippen molar-refractivity contribution in [3.8, 4) is 0 Å². The zero-order chi connectivity index (χ0) is 11.4. The van der Waals surface area contributed by atoms with Gasteiger partial charge in [-0.1, -0.05) is 24.3 Å². The van der Waals surface area contributed by atoms with Crippen LogP contribution in [0.25, 0.3) is 0 Å². The van der Waals surface area contributed by atoms with Crippen molar-refractivity contribution in [1.82, 2.24) is 0 Å². The Kier molecular flexibility index (Phi) is 3.99. The first kappa shape index (κ1) is 11.6. The van der Waals surface area contributed by atoms with Gasteiger partial charge >= 0.3 is 0 Å². The number of carbonyl (C=O) groups excluding carboxylic acids is 1. The first-order valence-electron chi connectivity index (χ1n) is 5.59. The molecule has 1 unspecified atom stereocenters. The van der Waals surface area contributed by atoms with Crippen LogP contribution in [0.2, 0.25) is 0 Å². The number of alkyl halides is 1. The van der Waals surface area contributed by atoms with Crippen LogP contribution in [-0.4, -0.2) is 17.8 Å². The SMILES string of the molecule is O=Cc1ccccc1C(F)C1CCSCC1. The summed E-state index contributed by atoms with van der Waals surface area (Å²) in [6.07, 6.45) is 1.60. The molecule has 0 radical (unpaired) electrons. The second-order valence-electron chi connectivity index (χ2n) is 4.10. The van der Waals surface area contributed by atoms with Crippen LogP contribution in [0, 0.1) is 5.92 Å². The molecule has 1 aromatic rings. The van der Waals surface area contributed by atoms with E-state index in [2.05, 4.69) is 0 Å². The molecule has 1 nitrogen and oxygen atoms in total. The predicted molar refractivity (Wildman–Crippen MR) is 65.7 cm³/mol. The summed E-state index contributed by atoms with van der Waals surface area (Å²) in [5, 5.41) is 0. The Labute approximate surface area is 99.4 Å². The summed E-state index contributed by atoms with van der Waals surface area (Å²) >= 11 is 1.89. The molecule has 1 aromatic carbocycles. The summed E-state index contributed by atoms with van der Waals surface area (Å²) in [5.74, 6) is 2.16. The Hall–Kier alpha value is -0.830. The summed E-state index contributed by atoms with van der Waals surface area (Å²) < 4.78 is 14.3. The van der Waals surface area contributed by atoms with Gasteiger partial charge in [0.1, 0.15) is 12.5 Å². The fraction of sp³-hybridized carbons (Fsp3) is 0.462. The number of thioether (sulfide) groups is 1. The molecule has 0 aliphatic carbocycles. The first-order valence-corrected chi connectivity index (χ1v) is 6.74. The van der Waals surface area contributed by atoms with Gasteiger partial charge in [0.25, 0.3) is 0 Å². The molecule has 0 amide bonds. The predicted octanol–water partition coefficient (Wildman–Crippen LogP) is 3.65. The minimum absolute atomic E-state index is 0.0855. The largest absolute Gasteiger partial charge is 0.298 e. The molecule has 3 heteroatoms. The van der Waals surface area contributed by atoms with Gasteiger partial charge in [0.05, 0.1) is 0 Å². The van der Waals surface area contributed by atoms with Crippen molar-refractivity contribution in [1.29, 1.82) is 0 Å². The molecule has 1 aliphatic heterocycles. The quantitative estimate of drug-likeness (QED) is 0.748. The van der Waals surface area contributed by atoms with Crippen molar-refractivity contribution in [2.75, 3.05) is 11.5 Å². The van der Waals surface area contributed by atoms with Crippen molar-refractivity contribution in [3.05, 3.63) is 35.4 Å². The number of aldehydes is 1. The van der Waals surface area contributed by atoms with Crippen LogP contribution in [0.4, 0.5) is 4.39 Å². The molecular formula is C13H15FOS. The third-order valence-electron chi connectivity index (χ3n) is 3.10. The first-order chi connectivity index (χ1) is 7.83. The molecule has 1 aliphatic rings. The number of benzene rings is 1. The topological polar surface area (TPSA) is 17.1 Å². The molecular weight excluding hydrogens is 223 g/mol. The minimum Gasteiger partial charge on any atom is -0.298 e.